The van der Waals surface area contributed by atoms with Crippen LogP contribution in [-0.4, -0.2) is 38.3 Å². The van der Waals surface area contributed by atoms with Gasteiger partial charge in [-0.25, -0.2) is 12.7 Å². The number of hydrogen-bond donors (Lipinski definition) is 1. The van der Waals surface area contributed by atoms with E-state index in [2.05, 4.69) is 5.32 Å². The molecule has 0 spiro atoms. The molecule has 1 saturated heterocycles. The fourth-order valence-corrected chi connectivity index (χ4v) is 4.51. The molecule has 1 aromatic carbocycles. The Hall–Kier alpha value is -1.40. The number of nitrogens with zero attached hydrogens (tertiary/aromatic N) is 1. The zero-order chi connectivity index (χ0) is 14.2. The predicted octanol–water partition coefficient (Wildman–Crippen LogP) is 1.22. The number of benzene rings is 1. The molecule has 1 atom stereocenters. The summed E-state index contributed by atoms with van der Waals surface area (Å²) in [5, 5.41) is 3.31. The van der Waals surface area contributed by atoms with Gasteiger partial charge in [0.05, 0.1) is 5.56 Å². The highest BCUT2D eigenvalue weighted by Crippen LogP contribution is 2.30. The first-order chi connectivity index (χ1) is 9.60. The van der Waals surface area contributed by atoms with Gasteiger partial charge < -0.3 is 5.32 Å². The molecule has 0 radical (unpaired) electrons. The number of nitrogens with one attached hydrogen (secondary N) is 1. The minimum Gasteiger partial charge on any atom is -0.316 e. The Morgan fingerprint density at radius 3 is 2.80 bits per heavy atom. The Morgan fingerprint density at radius 2 is 2.10 bits per heavy atom. The fourth-order valence-electron chi connectivity index (χ4n) is 2.92. The van der Waals surface area contributed by atoms with E-state index in [1.807, 2.05) is 0 Å². The molecule has 0 aliphatic carbocycles. The lowest BCUT2D eigenvalue weighted by Crippen LogP contribution is -2.35. The van der Waals surface area contributed by atoms with Crippen molar-refractivity contribution in [2.75, 3.05) is 19.6 Å². The van der Waals surface area contributed by atoms with Crippen molar-refractivity contribution in [1.29, 1.82) is 0 Å². The molecule has 1 amide bonds. The molecule has 5 nitrogen and oxygen atoms in total. The number of rotatable bonds is 3. The number of carbonyl (C=O) groups excluding carboxylic acids is 1. The predicted molar refractivity (Wildman–Crippen MR) is 74.9 cm³/mol. The third-order valence-electron chi connectivity index (χ3n) is 4.05. The lowest BCUT2D eigenvalue weighted by atomic mass is 9.96. The van der Waals surface area contributed by atoms with Gasteiger partial charge in [0, 0.05) is 6.54 Å². The molecular weight excluding hydrogens is 276 g/mol. The molecule has 2 aliphatic rings. The second-order valence-corrected chi connectivity index (χ2v) is 7.21. The molecule has 2 aliphatic heterocycles. The van der Waals surface area contributed by atoms with Gasteiger partial charge in [0.15, 0.2) is 0 Å². The van der Waals surface area contributed by atoms with Crippen molar-refractivity contribution in [3.63, 3.8) is 0 Å². The van der Waals surface area contributed by atoms with Crippen LogP contribution < -0.4 is 5.32 Å². The lowest BCUT2D eigenvalue weighted by Gasteiger charge is -2.24. The zero-order valence-electron chi connectivity index (χ0n) is 11.2. The topological polar surface area (TPSA) is 66.5 Å². The first-order valence-electron chi connectivity index (χ1n) is 6.97. The minimum absolute atomic E-state index is 0.145. The Labute approximate surface area is 119 Å². The van der Waals surface area contributed by atoms with E-state index in [4.69, 9.17) is 0 Å². The van der Waals surface area contributed by atoms with Crippen LogP contribution in [0.3, 0.4) is 0 Å². The normalized spacial score (nSPS) is 24.7. The van der Waals surface area contributed by atoms with Crippen molar-refractivity contribution in [2.24, 2.45) is 5.92 Å². The van der Waals surface area contributed by atoms with Crippen LogP contribution in [0.4, 0.5) is 0 Å². The Balaban J connectivity index is 1.76. The maximum Gasteiger partial charge on any atom is 0.269 e. The van der Waals surface area contributed by atoms with Gasteiger partial charge in [0.1, 0.15) is 4.90 Å². The van der Waals surface area contributed by atoms with Crippen LogP contribution in [-0.2, 0) is 10.0 Å². The summed E-state index contributed by atoms with van der Waals surface area (Å²) in [6.45, 7) is 2.22. The molecule has 2 heterocycles. The van der Waals surface area contributed by atoms with Gasteiger partial charge in [0.25, 0.3) is 15.9 Å². The zero-order valence-corrected chi connectivity index (χ0v) is 12.0. The Kier molecular flexibility index (Phi) is 3.52. The van der Waals surface area contributed by atoms with Gasteiger partial charge in [-0.05, 0) is 50.4 Å². The van der Waals surface area contributed by atoms with E-state index in [9.17, 15) is 13.2 Å². The summed E-state index contributed by atoms with van der Waals surface area (Å²) >= 11 is 0. The molecule has 1 fully saturated rings. The smallest absolute Gasteiger partial charge is 0.269 e. The van der Waals surface area contributed by atoms with Crippen molar-refractivity contribution in [2.45, 2.75) is 24.2 Å². The number of carbonyl (C=O) groups is 1. The van der Waals surface area contributed by atoms with Gasteiger partial charge in [-0.3, -0.25) is 4.79 Å². The lowest BCUT2D eigenvalue weighted by molar-refractivity contribution is 0.0864. The van der Waals surface area contributed by atoms with E-state index in [1.165, 1.54) is 6.07 Å². The molecule has 108 valence electrons. The van der Waals surface area contributed by atoms with Crippen LogP contribution >= 0.6 is 0 Å². The molecule has 6 heteroatoms. The average molecular weight is 294 g/mol. The third kappa shape index (κ3) is 2.23. The molecule has 0 bridgehead atoms. The number of hydrogen-bond acceptors (Lipinski definition) is 4. The molecule has 1 unspecified atom stereocenters. The highest BCUT2D eigenvalue weighted by molar-refractivity contribution is 7.90. The maximum atomic E-state index is 12.4. The Bertz CT molecular complexity index is 621. The van der Waals surface area contributed by atoms with Crippen LogP contribution in [0, 0.1) is 5.92 Å². The second-order valence-electron chi connectivity index (χ2n) is 5.38. The van der Waals surface area contributed by atoms with Crippen LogP contribution in [0.2, 0.25) is 0 Å². The molecule has 3 rings (SSSR count). The molecule has 20 heavy (non-hydrogen) atoms. The van der Waals surface area contributed by atoms with Crippen LogP contribution in [0.25, 0.3) is 0 Å². The standard InChI is InChI=1S/C14H18N2O3S/c17-14-12-5-1-2-6-13(12)20(18,19)16(14)9-7-11-4-3-8-15-10-11/h1-2,5-6,11,15H,3-4,7-10H2. The minimum atomic E-state index is -3.63. The average Bonchev–Trinajstić information content (AvgIpc) is 2.66. The number of fused-ring (bicyclic) bond motifs is 1. The summed E-state index contributed by atoms with van der Waals surface area (Å²) < 4.78 is 25.7. The van der Waals surface area contributed by atoms with Gasteiger partial charge in [-0.2, -0.15) is 0 Å². The van der Waals surface area contributed by atoms with Crippen LogP contribution in [0.1, 0.15) is 29.6 Å². The summed E-state index contributed by atoms with van der Waals surface area (Å²) in [4.78, 5) is 12.4. The molecule has 1 N–H and O–H groups in total. The first kappa shape index (κ1) is 13.6. The van der Waals surface area contributed by atoms with E-state index in [1.54, 1.807) is 18.2 Å². The number of piperidine rings is 1. The highest BCUT2D eigenvalue weighted by Gasteiger charge is 2.40. The van der Waals surface area contributed by atoms with E-state index >= 15 is 0 Å². The van der Waals surface area contributed by atoms with Crippen molar-refractivity contribution < 1.29 is 13.2 Å². The molecule has 0 saturated carbocycles. The molecule has 0 aromatic heterocycles. The van der Waals surface area contributed by atoms with Crippen LogP contribution in [0.15, 0.2) is 29.2 Å². The Morgan fingerprint density at radius 1 is 1.30 bits per heavy atom. The summed E-state index contributed by atoms with van der Waals surface area (Å²) in [5.74, 6) is 0.0693. The largest absolute Gasteiger partial charge is 0.316 e. The van der Waals surface area contributed by atoms with Gasteiger partial charge >= 0.3 is 0 Å². The van der Waals surface area contributed by atoms with E-state index < -0.39 is 10.0 Å². The van der Waals surface area contributed by atoms with E-state index in [-0.39, 0.29) is 17.3 Å². The molecular formula is C14H18N2O3S. The third-order valence-corrected chi connectivity index (χ3v) is 5.89. The van der Waals surface area contributed by atoms with Gasteiger partial charge in [-0.15, -0.1) is 0 Å². The van der Waals surface area contributed by atoms with Gasteiger partial charge in [0.2, 0.25) is 0 Å². The maximum absolute atomic E-state index is 12.4. The fraction of sp³-hybridized carbons (Fsp3) is 0.500. The van der Waals surface area contributed by atoms with Crippen molar-refractivity contribution in [3.8, 4) is 0 Å². The summed E-state index contributed by atoms with van der Waals surface area (Å²) in [7, 11) is -3.63. The monoisotopic (exact) mass is 294 g/mol. The summed E-state index contributed by atoms with van der Waals surface area (Å²) in [5.41, 5.74) is 0.300. The number of sulfonamides is 1. The van der Waals surface area contributed by atoms with Crippen molar-refractivity contribution in [3.05, 3.63) is 29.8 Å². The van der Waals surface area contributed by atoms with Crippen molar-refractivity contribution in [1.82, 2.24) is 9.62 Å². The highest BCUT2D eigenvalue weighted by atomic mass is 32.2. The van der Waals surface area contributed by atoms with E-state index in [0.29, 0.717) is 11.5 Å². The van der Waals surface area contributed by atoms with Crippen molar-refractivity contribution >= 4 is 15.9 Å². The second kappa shape index (κ2) is 5.18. The van der Waals surface area contributed by atoms with Gasteiger partial charge in [-0.1, -0.05) is 12.1 Å². The SMILES string of the molecule is O=C1c2ccccc2S(=O)(=O)N1CCC1CCCNC1. The summed E-state index contributed by atoms with van der Waals surface area (Å²) in [6.07, 6.45) is 2.94. The molecule has 1 aromatic rings. The quantitative estimate of drug-likeness (QED) is 0.910. The number of amides is 1. The van der Waals surface area contributed by atoms with E-state index in [0.717, 1.165) is 36.7 Å². The van der Waals surface area contributed by atoms with Crippen LogP contribution in [0.5, 0.6) is 0 Å². The first-order valence-corrected chi connectivity index (χ1v) is 8.41. The summed E-state index contributed by atoms with van der Waals surface area (Å²) in [6, 6.07) is 6.43.